The van der Waals surface area contributed by atoms with E-state index in [1.165, 1.54) is 6.33 Å². The summed E-state index contributed by atoms with van der Waals surface area (Å²) in [7, 11) is 0. The van der Waals surface area contributed by atoms with Crippen molar-refractivity contribution in [1.82, 2.24) is 34.7 Å². The summed E-state index contributed by atoms with van der Waals surface area (Å²) in [6.07, 6.45) is 9.21. The number of nitrogens with zero attached hydrogens (tertiary/aromatic N) is 7. The van der Waals surface area contributed by atoms with Crippen LogP contribution in [0.2, 0.25) is 0 Å². The van der Waals surface area contributed by atoms with E-state index >= 15 is 0 Å². The van der Waals surface area contributed by atoms with Gasteiger partial charge in [-0.15, -0.1) is 5.10 Å². The van der Waals surface area contributed by atoms with Gasteiger partial charge in [0.25, 0.3) is 5.91 Å². The maximum Gasteiger partial charge on any atom is 0.260 e. The molecule has 27 heavy (non-hydrogen) atoms. The van der Waals surface area contributed by atoms with Crippen LogP contribution in [0.25, 0.3) is 5.69 Å². The molecule has 0 N–H and O–H groups in total. The molecule has 0 aliphatic carbocycles. The van der Waals surface area contributed by atoms with Crippen LogP contribution in [0.15, 0.2) is 49.3 Å². The average molecular weight is 367 g/mol. The lowest BCUT2D eigenvalue weighted by atomic mass is 9.98. The van der Waals surface area contributed by atoms with E-state index in [4.69, 9.17) is 4.74 Å². The maximum atomic E-state index is 12.6. The first-order chi connectivity index (χ1) is 13.3. The smallest absolute Gasteiger partial charge is 0.260 e. The van der Waals surface area contributed by atoms with Crippen molar-refractivity contribution in [3.63, 3.8) is 0 Å². The number of tetrazole rings is 1. The zero-order valence-electron chi connectivity index (χ0n) is 14.9. The van der Waals surface area contributed by atoms with Gasteiger partial charge in [0.2, 0.25) is 0 Å². The third kappa shape index (κ3) is 4.30. The maximum absolute atomic E-state index is 12.6. The van der Waals surface area contributed by atoms with Gasteiger partial charge in [-0.1, -0.05) is 6.07 Å². The number of aromatic nitrogens is 6. The first-order valence-electron chi connectivity index (χ1n) is 8.98. The van der Waals surface area contributed by atoms with Crippen LogP contribution in [0.5, 0.6) is 5.75 Å². The summed E-state index contributed by atoms with van der Waals surface area (Å²) in [6.45, 7) is 2.45. The van der Waals surface area contributed by atoms with E-state index in [1.54, 1.807) is 10.9 Å². The van der Waals surface area contributed by atoms with Gasteiger partial charge in [0, 0.05) is 38.1 Å². The number of likely N-dealkylation sites (tertiary alicyclic amines) is 1. The predicted molar refractivity (Wildman–Crippen MR) is 96.2 cm³/mol. The molecular weight excluding hydrogens is 346 g/mol. The van der Waals surface area contributed by atoms with Gasteiger partial charge >= 0.3 is 0 Å². The molecule has 9 nitrogen and oxygen atoms in total. The number of carbonyl (C=O) groups excluding carboxylic acids is 1. The Morgan fingerprint density at radius 1 is 1.30 bits per heavy atom. The highest BCUT2D eigenvalue weighted by molar-refractivity contribution is 5.77. The van der Waals surface area contributed by atoms with Gasteiger partial charge in [-0.05, 0) is 41.3 Å². The van der Waals surface area contributed by atoms with Crippen molar-refractivity contribution in [2.24, 2.45) is 5.92 Å². The molecule has 2 aromatic heterocycles. The molecule has 9 heteroatoms. The number of piperidine rings is 1. The van der Waals surface area contributed by atoms with Crippen molar-refractivity contribution >= 4 is 5.91 Å². The van der Waals surface area contributed by atoms with Crippen molar-refractivity contribution in [2.45, 2.75) is 19.4 Å². The molecule has 1 fully saturated rings. The van der Waals surface area contributed by atoms with Gasteiger partial charge in [0.05, 0.1) is 12.0 Å². The van der Waals surface area contributed by atoms with E-state index < -0.39 is 0 Å². The minimum Gasteiger partial charge on any atom is -0.484 e. The molecule has 0 bridgehead atoms. The van der Waals surface area contributed by atoms with Crippen molar-refractivity contribution in [3.05, 3.63) is 49.3 Å². The molecule has 3 heterocycles. The van der Waals surface area contributed by atoms with Gasteiger partial charge in [0.1, 0.15) is 12.1 Å². The highest BCUT2D eigenvalue weighted by Crippen LogP contribution is 2.19. The van der Waals surface area contributed by atoms with E-state index in [2.05, 4.69) is 25.1 Å². The number of hydrogen-bond donors (Lipinski definition) is 0. The summed E-state index contributed by atoms with van der Waals surface area (Å²) in [5.74, 6) is 1.07. The number of rotatable bonds is 6. The Kier molecular flexibility index (Phi) is 5.08. The molecule has 1 saturated heterocycles. The molecular formula is C18H21N7O2. The summed E-state index contributed by atoms with van der Waals surface area (Å²) >= 11 is 0. The van der Waals surface area contributed by atoms with Gasteiger partial charge in [-0.3, -0.25) is 4.79 Å². The SMILES string of the molecule is O=C(COc1cccc(-n2cnnn2)c1)N1CCC[C@@H](Cn2ccnc2)C1. The molecule has 1 aromatic carbocycles. The van der Waals surface area contributed by atoms with Crippen molar-refractivity contribution < 1.29 is 9.53 Å². The van der Waals surface area contributed by atoms with Crippen LogP contribution in [-0.4, -0.2) is 60.3 Å². The minimum atomic E-state index is 0.0122. The number of carbonyl (C=O) groups is 1. The van der Waals surface area contributed by atoms with Crippen molar-refractivity contribution in [2.75, 3.05) is 19.7 Å². The van der Waals surface area contributed by atoms with Crippen LogP contribution < -0.4 is 4.74 Å². The Balaban J connectivity index is 1.32. The van der Waals surface area contributed by atoms with E-state index in [9.17, 15) is 4.79 Å². The first-order valence-corrected chi connectivity index (χ1v) is 8.98. The largest absolute Gasteiger partial charge is 0.484 e. The molecule has 1 amide bonds. The second kappa shape index (κ2) is 7.98. The van der Waals surface area contributed by atoms with Crippen LogP contribution in [0, 0.1) is 5.92 Å². The number of amides is 1. The Labute approximate surface area is 156 Å². The fraction of sp³-hybridized carbons (Fsp3) is 0.389. The third-order valence-corrected chi connectivity index (χ3v) is 4.69. The molecule has 4 rings (SSSR count). The molecule has 3 aromatic rings. The summed E-state index contributed by atoms with van der Waals surface area (Å²) < 4.78 is 9.32. The molecule has 1 aliphatic heterocycles. The first kappa shape index (κ1) is 17.2. The summed E-state index contributed by atoms with van der Waals surface area (Å²) in [4.78, 5) is 18.6. The standard InChI is InChI=1S/C18H21N7O2/c26-18(24-7-2-3-15(11-24)10-23-8-6-19-13-23)12-27-17-5-1-4-16(9-17)25-14-20-21-22-25/h1,4-6,8-9,13-15H,2-3,7,10-12H2/t15-/m0/s1. The summed E-state index contributed by atoms with van der Waals surface area (Å²) in [5.41, 5.74) is 0.781. The molecule has 140 valence electrons. The highest BCUT2D eigenvalue weighted by Gasteiger charge is 2.24. The lowest BCUT2D eigenvalue weighted by Gasteiger charge is -2.32. The van der Waals surface area contributed by atoms with Crippen LogP contribution in [0.3, 0.4) is 0 Å². The van der Waals surface area contributed by atoms with Gasteiger partial charge in [-0.2, -0.15) is 0 Å². The zero-order chi connectivity index (χ0) is 18.5. The van der Waals surface area contributed by atoms with Crippen molar-refractivity contribution in [1.29, 1.82) is 0 Å². The Morgan fingerprint density at radius 3 is 3.07 bits per heavy atom. The third-order valence-electron chi connectivity index (χ3n) is 4.69. The van der Waals surface area contributed by atoms with Gasteiger partial charge < -0.3 is 14.2 Å². The van der Waals surface area contributed by atoms with Crippen LogP contribution in [0.1, 0.15) is 12.8 Å². The van der Waals surface area contributed by atoms with Crippen LogP contribution >= 0.6 is 0 Å². The summed E-state index contributed by atoms with van der Waals surface area (Å²) in [5, 5.41) is 11.1. The van der Waals surface area contributed by atoms with Gasteiger partial charge in [-0.25, -0.2) is 9.67 Å². The topological polar surface area (TPSA) is 91.0 Å². The Bertz CT molecular complexity index is 864. The predicted octanol–water partition coefficient (Wildman–Crippen LogP) is 1.18. The Hall–Kier alpha value is -3.23. The Morgan fingerprint density at radius 2 is 2.26 bits per heavy atom. The highest BCUT2D eigenvalue weighted by atomic mass is 16.5. The normalized spacial score (nSPS) is 17.0. The number of benzene rings is 1. The summed E-state index contributed by atoms with van der Waals surface area (Å²) in [6, 6.07) is 7.34. The van der Waals surface area contributed by atoms with E-state index in [0.29, 0.717) is 11.7 Å². The lowest BCUT2D eigenvalue weighted by Crippen LogP contribution is -2.43. The minimum absolute atomic E-state index is 0.0122. The average Bonchev–Trinajstić information content (AvgIpc) is 3.41. The van der Waals surface area contributed by atoms with Gasteiger partial charge in [0.15, 0.2) is 6.61 Å². The van der Waals surface area contributed by atoms with Crippen LogP contribution in [0.4, 0.5) is 0 Å². The van der Waals surface area contributed by atoms with E-state index in [-0.39, 0.29) is 12.5 Å². The second-order valence-electron chi connectivity index (χ2n) is 6.65. The second-order valence-corrected chi connectivity index (χ2v) is 6.65. The zero-order valence-corrected chi connectivity index (χ0v) is 14.9. The van der Waals surface area contributed by atoms with Crippen molar-refractivity contribution in [3.8, 4) is 11.4 Å². The van der Waals surface area contributed by atoms with Crippen LogP contribution in [-0.2, 0) is 11.3 Å². The lowest BCUT2D eigenvalue weighted by molar-refractivity contribution is -0.135. The molecule has 0 spiro atoms. The molecule has 1 aliphatic rings. The number of hydrogen-bond acceptors (Lipinski definition) is 6. The number of ether oxygens (including phenoxy) is 1. The monoisotopic (exact) mass is 367 g/mol. The molecule has 0 unspecified atom stereocenters. The number of imidazole rings is 1. The quantitative estimate of drug-likeness (QED) is 0.650. The fourth-order valence-electron chi connectivity index (χ4n) is 3.37. The molecule has 0 saturated carbocycles. The fourth-order valence-corrected chi connectivity index (χ4v) is 3.37. The molecule has 0 radical (unpaired) electrons. The van der Waals surface area contributed by atoms with E-state index in [0.717, 1.165) is 38.2 Å². The molecule has 1 atom stereocenters. The van der Waals surface area contributed by atoms with E-state index in [1.807, 2.05) is 41.7 Å².